The number of benzene rings is 1. The lowest BCUT2D eigenvalue weighted by atomic mass is 10.0. The first kappa shape index (κ1) is 16.8. The van der Waals surface area contributed by atoms with E-state index < -0.39 is 0 Å². The Bertz CT molecular complexity index is 348. The molecule has 0 bridgehead atoms. The minimum atomic E-state index is 0. The Hall–Kier alpha value is -0.280. The second-order valence-electron chi connectivity index (χ2n) is 5.08. The standard InChI is InChI=1S/C15H23ClN2.ClH/c1-2-11-18(15-7-9-17-10-8-15)12-13-3-5-14(16)6-4-13;/h3-6,15,17H,2,7-12H2,1H3;1H. The summed E-state index contributed by atoms with van der Waals surface area (Å²) in [5.74, 6) is 0. The minimum Gasteiger partial charge on any atom is -0.317 e. The molecule has 0 atom stereocenters. The first-order chi connectivity index (χ1) is 8.79. The van der Waals surface area contributed by atoms with Crippen LogP contribution in [-0.4, -0.2) is 30.6 Å². The Kier molecular flexibility index (Phi) is 7.77. The zero-order valence-electron chi connectivity index (χ0n) is 11.6. The molecule has 1 N–H and O–H groups in total. The van der Waals surface area contributed by atoms with Crippen molar-refractivity contribution in [3.63, 3.8) is 0 Å². The molecule has 4 heteroatoms. The molecule has 0 saturated carbocycles. The second-order valence-corrected chi connectivity index (χ2v) is 5.51. The summed E-state index contributed by atoms with van der Waals surface area (Å²) in [7, 11) is 0. The fourth-order valence-corrected chi connectivity index (χ4v) is 2.80. The summed E-state index contributed by atoms with van der Waals surface area (Å²) < 4.78 is 0. The van der Waals surface area contributed by atoms with Gasteiger partial charge in [-0.2, -0.15) is 0 Å². The lowest BCUT2D eigenvalue weighted by Gasteiger charge is -2.34. The maximum atomic E-state index is 5.94. The summed E-state index contributed by atoms with van der Waals surface area (Å²) in [5.41, 5.74) is 1.37. The van der Waals surface area contributed by atoms with Gasteiger partial charge in [-0.25, -0.2) is 0 Å². The average molecular weight is 303 g/mol. The van der Waals surface area contributed by atoms with Crippen LogP contribution in [0.5, 0.6) is 0 Å². The number of hydrogen-bond acceptors (Lipinski definition) is 2. The van der Waals surface area contributed by atoms with Crippen molar-refractivity contribution in [3.05, 3.63) is 34.9 Å². The molecule has 1 heterocycles. The van der Waals surface area contributed by atoms with Gasteiger partial charge < -0.3 is 5.32 Å². The number of nitrogens with one attached hydrogen (secondary N) is 1. The van der Waals surface area contributed by atoms with Crippen molar-refractivity contribution in [2.75, 3.05) is 19.6 Å². The maximum absolute atomic E-state index is 5.94. The third-order valence-electron chi connectivity index (χ3n) is 3.63. The van der Waals surface area contributed by atoms with E-state index in [1.165, 1.54) is 31.4 Å². The number of hydrogen-bond donors (Lipinski definition) is 1. The largest absolute Gasteiger partial charge is 0.317 e. The van der Waals surface area contributed by atoms with Crippen molar-refractivity contribution in [2.24, 2.45) is 0 Å². The fourth-order valence-electron chi connectivity index (χ4n) is 2.67. The van der Waals surface area contributed by atoms with Gasteiger partial charge in [0.05, 0.1) is 0 Å². The zero-order chi connectivity index (χ0) is 12.8. The number of piperidine rings is 1. The summed E-state index contributed by atoms with van der Waals surface area (Å²) in [6, 6.07) is 9.01. The topological polar surface area (TPSA) is 15.3 Å². The fraction of sp³-hybridized carbons (Fsp3) is 0.600. The van der Waals surface area contributed by atoms with Crippen LogP contribution >= 0.6 is 24.0 Å². The molecule has 2 nitrogen and oxygen atoms in total. The molecule has 1 fully saturated rings. The predicted octanol–water partition coefficient (Wildman–Crippen LogP) is 3.73. The molecule has 108 valence electrons. The van der Waals surface area contributed by atoms with E-state index in [0.29, 0.717) is 0 Å². The van der Waals surface area contributed by atoms with Crippen LogP contribution in [0.1, 0.15) is 31.7 Å². The van der Waals surface area contributed by atoms with E-state index in [-0.39, 0.29) is 12.4 Å². The summed E-state index contributed by atoms with van der Waals surface area (Å²) in [5, 5.41) is 4.26. The minimum absolute atomic E-state index is 0. The van der Waals surface area contributed by atoms with E-state index >= 15 is 0 Å². The van der Waals surface area contributed by atoms with Gasteiger partial charge in [0.15, 0.2) is 0 Å². The molecule has 1 aromatic rings. The van der Waals surface area contributed by atoms with Crippen LogP contribution in [-0.2, 0) is 6.54 Å². The summed E-state index contributed by atoms with van der Waals surface area (Å²) in [6.07, 6.45) is 3.76. The Morgan fingerprint density at radius 2 is 1.84 bits per heavy atom. The maximum Gasteiger partial charge on any atom is 0.0406 e. The first-order valence-electron chi connectivity index (χ1n) is 6.99. The normalized spacial score (nSPS) is 16.4. The van der Waals surface area contributed by atoms with E-state index in [0.717, 1.165) is 30.7 Å². The molecule has 0 aliphatic carbocycles. The molecule has 2 rings (SSSR count). The zero-order valence-corrected chi connectivity index (χ0v) is 13.1. The second kappa shape index (κ2) is 8.80. The van der Waals surface area contributed by atoms with Crippen molar-refractivity contribution in [1.82, 2.24) is 10.2 Å². The highest BCUT2D eigenvalue weighted by molar-refractivity contribution is 6.30. The predicted molar refractivity (Wildman–Crippen MR) is 85.3 cm³/mol. The van der Waals surface area contributed by atoms with Crippen molar-refractivity contribution in [2.45, 2.75) is 38.8 Å². The molecular formula is C15H24Cl2N2. The van der Waals surface area contributed by atoms with Crippen molar-refractivity contribution < 1.29 is 0 Å². The third kappa shape index (κ3) is 5.31. The Balaban J connectivity index is 0.00000180. The molecule has 1 aliphatic rings. The molecule has 1 aromatic carbocycles. The molecule has 1 aliphatic heterocycles. The molecule has 0 unspecified atom stereocenters. The Morgan fingerprint density at radius 3 is 2.42 bits per heavy atom. The van der Waals surface area contributed by atoms with Crippen LogP contribution in [0, 0.1) is 0 Å². The van der Waals surface area contributed by atoms with E-state index in [1.807, 2.05) is 12.1 Å². The highest BCUT2D eigenvalue weighted by Crippen LogP contribution is 2.17. The van der Waals surface area contributed by atoms with E-state index in [2.05, 4.69) is 29.3 Å². The molecule has 0 radical (unpaired) electrons. The van der Waals surface area contributed by atoms with Crippen LogP contribution in [0.15, 0.2) is 24.3 Å². The summed E-state index contributed by atoms with van der Waals surface area (Å²) in [6.45, 7) is 6.82. The van der Waals surface area contributed by atoms with E-state index in [1.54, 1.807) is 0 Å². The van der Waals surface area contributed by atoms with Crippen LogP contribution in [0.25, 0.3) is 0 Å². The Morgan fingerprint density at radius 1 is 1.21 bits per heavy atom. The van der Waals surface area contributed by atoms with Gasteiger partial charge in [0.25, 0.3) is 0 Å². The molecule has 0 aromatic heterocycles. The molecule has 1 saturated heterocycles. The highest BCUT2D eigenvalue weighted by atomic mass is 35.5. The lowest BCUT2D eigenvalue weighted by molar-refractivity contribution is 0.154. The van der Waals surface area contributed by atoms with Gasteiger partial charge in [0.1, 0.15) is 0 Å². The number of rotatable bonds is 5. The summed E-state index contributed by atoms with van der Waals surface area (Å²) in [4.78, 5) is 2.63. The third-order valence-corrected chi connectivity index (χ3v) is 3.89. The number of halogens is 2. The average Bonchev–Trinajstić information content (AvgIpc) is 2.42. The van der Waals surface area contributed by atoms with Gasteiger partial charge in [-0.15, -0.1) is 12.4 Å². The van der Waals surface area contributed by atoms with Crippen molar-refractivity contribution in [1.29, 1.82) is 0 Å². The monoisotopic (exact) mass is 302 g/mol. The van der Waals surface area contributed by atoms with Gasteiger partial charge in [0, 0.05) is 17.6 Å². The van der Waals surface area contributed by atoms with Crippen LogP contribution in [0.3, 0.4) is 0 Å². The van der Waals surface area contributed by atoms with Gasteiger partial charge in [-0.1, -0.05) is 30.7 Å². The van der Waals surface area contributed by atoms with Gasteiger partial charge >= 0.3 is 0 Å². The first-order valence-corrected chi connectivity index (χ1v) is 7.36. The van der Waals surface area contributed by atoms with E-state index in [9.17, 15) is 0 Å². The molecule has 0 amide bonds. The van der Waals surface area contributed by atoms with Crippen LogP contribution in [0.4, 0.5) is 0 Å². The van der Waals surface area contributed by atoms with Gasteiger partial charge in [-0.3, -0.25) is 4.90 Å². The van der Waals surface area contributed by atoms with Gasteiger partial charge in [-0.05, 0) is 56.6 Å². The van der Waals surface area contributed by atoms with Crippen molar-refractivity contribution in [3.8, 4) is 0 Å². The lowest BCUT2D eigenvalue weighted by Crippen LogP contribution is -2.43. The van der Waals surface area contributed by atoms with Crippen LogP contribution in [0.2, 0.25) is 5.02 Å². The van der Waals surface area contributed by atoms with Gasteiger partial charge in [0.2, 0.25) is 0 Å². The number of nitrogens with zero attached hydrogens (tertiary/aromatic N) is 1. The molecule has 19 heavy (non-hydrogen) atoms. The molecular weight excluding hydrogens is 279 g/mol. The van der Waals surface area contributed by atoms with E-state index in [4.69, 9.17) is 11.6 Å². The summed E-state index contributed by atoms with van der Waals surface area (Å²) >= 11 is 5.94. The Labute approximate surface area is 127 Å². The quantitative estimate of drug-likeness (QED) is 0.891. The highest BCUT2D eigenvalue weighted by Gasteiger charge is 2.20. The van der Waals surface area contributed by atoms with Crippen LogP contribution < -0.4 is 5.32 Å². The molecule has 0 spiro atoms. The smallest absolute Gasteiger partial charge is 0.0406 e. The SMILES string of the molecule is CCCN(Cc1ccc(Cl)cc1)C1CCNCC1.Cl. The van der Waals surface area contributed by atoms with Crippen molar-refractivity contribution >= 4 is 24.0 Å².